The van der Waals surface area contributed by atoms with Gasteiger partial charge in [-0.2, -0.15) is 0 Å². The second-order valence-corrected chi connectivity index (χ2v) is 11.2. The number of fused-ring (bicyclic) bond motifs is 1. The molecule has 0 unspecified atom stereocenters. The Kier molecular flexibility index (Phi) is 7.18. The SMILES string of the molecule is COc1ccc2nc(SCC(=O)Nc3ccc(C(C)C)cc3)n(S(=O)(=O)c3ccc(C)cc3)c2c1. The van der Waals surface area contributed by atoms with Crippen molar-refractivity contribution in [3.8, 4) is 5.75 Å². The highest BCUT2D eigenvalue weighted by Crippen LogP contribution is 2.31. The molecular formula is C26H27N3O4S2. The monoisotopic (exact) mass is 509 g/mol. The van der Waals surface area contributed by atoms with Crippen molar-refractivity contribution in [3.63, 3.8) is 0 Å². The Hall–Kier alpha value is -3.30. The van der Waals surface area contributed by atoms with Crippen LogP contribution in [-0.4, -0.2) is 36.1 Å². The van der Waals surface area contributed by atoms with Gasteiger partial charge in [0.25, 0.3) is 10.0 Å². The van der Waals surface area contributed by atoms with E-state index in [-0.39, 0.29) is 21.7 Å². The molecule has 4 aromatic rings. The molecule has 0 aliphatic rings. The number of aryl methyl sites for hydroxylation is 1. The van der Waals surface area contributed by atoms with E-state index >= 15 is 0 Å². The number of carbonyl (C=O) groups is 1. The number of hydrogen-bond acceptors (Lipinski definition) is 6. The molecule has 0 bridgehead atoms. The lowest BCUT2D eigenvalue weighted by Crippen LogP contribution is -2.17. The van der Waals surface area contributed by atoms with Crippen LogP contribution in [0.3, 0.4) is 0 Å². The average Bonchev–Trinajstić information content (AvgIpc) is 3.21. The molecule has 35 heavy (non-hydrogen) atoms. The summed E-state index contributed by atoms with van der Waals surface area (Å²) < 4.78 is 33.7. The van der Waals surface area contributed by atoms with Gasteiger partial charge >= 0.3 is 0 Å². The van der Waals surface area contributed by atoms with Crippen LogP contribution in [0.1, 0.15) is 30.9 Å². The number of nitrogens with zero attached hydrogens (tertiary/aromatic N) is 2. The van der Waals surface area contributed by atoms with Crippen LogP contribution in [0.5, 0.6) is 5.75 Å². The standard InChI is InChI=1S/C26H27N3O4S2/c1-17(2)19-7-9-20(10-8-19)27-25(30)16-34-26-28-23-14-11-21(33-4)15-24(23)29(26)35(31,32)22-12-5-18(3)6-13-22/h5-15,17H,16H2,1-4H3,(H,27,30). The van der Waals surface area contributed by atoms with Gasteiger partial charge < -0.3 is 10.1 Å². The molecule has 3 aromatic carbocycles. The van der Waals surface area contributed by atoms with Crippen LogP contribution in [0.25, 0.3) is 11.0 Å². The summed E-state index contributed by atoms with van der Waals surface area (Å²) in [4.78, 5) is 17.3. The number of imidazole rings is 1. The van der Waals surface area contributed by atoms with E-state index in [1.807, 2.05) is 31.2 Å². The number of hydrogen-bond donors (Lipinski definition) is 1. The first kappa shape index (κ1) is 24.8. The molecule has 0 atom stereocenters. The van der Waals surface area contributed by atoms with Crippen molar-refractivity contribution in [2.75, 3.05) is 18.2 Å². The molecule has 9 heteroatoms. The summed E-state index contributed by atoms with van der Waals surface area (Å²) in [6.45, 7) is 6.11. The molecule has 1 heterocycles. The van der Waals surface area contributed by atoms with Gasteiger partial charge in [0.05, 0.1) is 28.8 Å². The van der Waals surface area contributed by atoms with Crippen LogP contribution in [0.4, 0.5) is 5.69 Å². The minimum Gasteiger partial charge on any atom is -0.497 e. The molecule has 0 aliphatic heterocycles. The van der Waals surface area contributed by atoms with Crippen LogP contribution in [0, 0.1) is 6.92 Å². The summed E-state index contributed by atoms with van der Waals surface area (Å²) in [5, 5.41) is 3.07. The predicted octanol–water partition coefficient (Wildman–Crippen LogP) is 5.44. The molecule has 1 amide bonds. The minimum absolute atomic E-state index is 0.00416. The number of amides is 1. The Morgan fingerprint density at radius 3 is 2.37 bits per heavy atom. The minimum atomic E-state index is -3.97. The number of rotatable bonds is 8. The fraction of sp³-hybridized carbons (Fsp3) is 0.231. The van der Waals surface area contributed by atoms with Crippen molar-refractivity contribution in [2.45, 2.75) is 36.7 Å². The normalized spacial score (nSPS) is 11.7. The van der Waals surface area contributed by atoms with E-state index in [0.29, 0.717) is 28.4 Å². The van der Waals surface area contributed by atoms with Gasteiger partial charge in [0.1, 0.15) is 5.75 Å². The van der Waals surface area contributed by atoms with Gasteiger partial charge in [0.2, 0.25) is 5.91 Å². The number of aromatic nitrogens is 2. The van der Waals surface area contributed by atoms with Gasteiger partial charge in [-0.05, 0) is 54.8 Å². The molecule has 0 aliphatic carbocycles. The third-order valence-electron chi connectivity index (χ3n) is 5.54. The summed E-state index contributed by atoms with van der Waals surface area (Å²) in [5.41, 5.74) is 3.70. The second-order valence-electron chi connectivity index (χ2n) is 8.45. The first-order valence-corrected chi connectivity index (χ1v) is 13.5. The van der Waals surface area contributed by atoms with E-state index in [0.717, 1.165) is 17.3 Å². The van der Waals surface area contributed by atoms with E-state index in [1.54, 1.807) is 42.5 Å². The van der Waals surface area contributed by atoms with E-state index in [2.05, 4.69) is 24.1 Å². The third kappa shape index (κ3) is 5.36. The molecule has 0 spiro atoms. The Labute approximate surface area is 209 Å². The molecule has 0 saturated heterocycles. The summed E-state index contributed by atoms with van der Waals surface area (Å²) in [7, 11) is -2.45. The maximum absolute atomic E-state index is 13.6. The fourth-order valence-corrected chi connectivity index (χ4v) is 6.06. The van der Waals surface area contributed by atoms with Crippen LogP contribution < -0.4 is 10.1 Å². The summed E-state index contributed by atoms with van der Waals surface area (Å²) >= 11 is 1.07. The topological polar surface area (TPSA) is 90.3 Å². The maximum Gasteiger partial charge on any atom is 0.270 e. The number of anilines is 1. The van der Waals surface area contributed by atoms with Gasteiger partial charge in [0.15, 0.2) is 5.16 Å². The second kappa shape index (κ2) is 10.1. The highest BCUT2D eigenvalue weighted by molar-refractivity contribution is 8.00. The molecule has 7 nitrogen and oxygen atoms in total. The van der Waals surface area contributed by atoms with Gasteiger partial charge in [-0.25, -0.2) is 17.4 Å². The van der Waals surface area contributed by atoms with E-state index in [1.165, 1.54) is 16.6 Å². The Morgan fingerprint density at radius 1 is 1.06 bits per heavy atom. The zero-order valence-electron chi connectivity index (χ0n) is 20.0. The van der Waals surface area contributed by atoms with Crippen LogP contribution in [0.15, 0.2) is 76.8 Å². The summed E-state index contributed by atoms with van der Waals surface area (Å²) in [6, 6.07) is 19.4. The molecule has 0 fully saturated rings. The van der Waals surface area contributed by atoms with Crippen molar-refractivity contribution in [1.29, 1.82) is 0 Å². The van der Waals surface area contributed by atoms with Crippen molar-refractivity contribution < 1.29 is 17.9 Å². The first-order valence-electron chi connectivity index (χ1n) is 11.1. The highest BCUT2D eigenvalue weighted by Gasteiger charge is 2.25. The average molecular weight is 510 g/mol. The quantitative estimate of drug-likeness (QED) is 0.318. The zero-order chi connectivity index (χ0) is 25.2. The number of thioether (sulfide) groups is 1. The van der Waals surface area contributed by atoms with E-state index in [4.69, 9.17) is 4.74 Å². The lowest BCUT2D eigenvalue weighted by atomic mass is 10.0. The lowest BCUT2D eigenvalue weighted by molar-refractivity contribution is -0.113. The molecular weight excluding hydrogens is 482 g/mol. The Balaban J connectivity index is 1.64. The van der Waals surface area contributed by atoms with Crippen molar-refractivity contribution in [2.24, 2.45) is 0 Å². The van der Waals surface area contributed by atoms with Crippen molar-refractivity contribution in [1.82, 2.24) is 8.96 Å². The number of carbonyl (C=O) groups excluding carboxylic acids is 1. The molecule has 0 saturated carbocycles. The summed E-state index contributed by atoms with van der Waals surface area (Å²) in [5.74, 6) is 0.654. The Bertz CT molecular complexity index is 1460. The molecule has 1 aromatic heterocycles. The molecule has 182 valence electrons. The number of ether oxygens (including phenoxy) is 1. The van der Waals surface area contributed by atoms with E-state index < -0.39 is 10.0 Å². The molecule has 0 radical (unpaired) electrons. The Morgan fingerprint density at radius 2 is 1.74 bits per heavy atom. The van der Waals surface area contributed by atoms with Gasteiger partial charge in [-0.1, -0.05) is 55.4 Å². The third-order valence-corrected chi connectivity index (χ3v) is 8.32. The zero-order valence-corrected chi connectivity index (χ0v) is 21.6. The van der Waals surface area contributed by atoms with Gasteiger partial charge in [-0.3, -0.25) is 4.79 Å². The summed E-state index contributed by atoms with van der Waals surface area (Å²) in [6.07, 6.45) is 0. The number of methoxy groups -OCH3 is 1. The van der Waals surface area contributed by atoms with E-state index in [9.17, 15) is 13.2 Å². The molecule has 4 rings (SSSR count). The van der Waals surface area contributed by atoms with Crippen LogP contribution >= 0.6 is 11.8 Å². The first-order chi connectivity index (χ1) is 16.7. The highest BCUT2D eigenvalue weighted by atomic mass is 32.2. The van der Waals surface area contributed by atoms with Crippen LogP contribution in [0.2, 0.25) is 0 Å². The largest absolute Gasteiger partial charge is 0.497 e. The smallest absolute Gasteiger partial charge is 0.270 e. The van der Waals surface area contributed by atoms with Crippen molar-refractivity contribution in [3.05, 3.63) is 77.9 Å². The number of benzene rings is 3. The molecule has 1 N–H and O–H groups in total. The predicted molar refractivity (Wildman–Crippen MR) is 140 cm³/mol. The maximum atomic E-state index is 13.6. The van der Waals surface area contributed by atoms with Gasteiger partial charge in [0, 0.05) is 11.8 Å². The van der Waals surface area contributed by atoms with Crippen LogP contribution in [-0.2, 0) is 14.8 Å². The fourth-order valence-electron chi connectivity index (χ4n) is 3.56. The van der Waals surface area contributed by atoms with Crippen molar-refractivity contribution >= 4 is 44.4 Å². The van der Waals surface area contributed by atoms with Gasteiger partial charge in [-0.15, -0.1) is 0 Å². The lowest BCUT2D eigenvalue weighted by Gasteiger charge is -2.11. The number of nitrogens with one attached hydrogen (secondary N) is 1.